The molecule has 0 spiro atoms. The normalized spacial score (nSPS) is 10.9. The molecule has 90 valence electrons. The molecule has 5 heteroatoms. The van der Waals surface area contributed by atoms with Gasteiger partial charge in [-0.15, -0.1) is 11.8 Å². The molecule has 1 aromatic carbocycles. The zero-order valence-corrected chi connectivity index (χ0v) is 10.4. The molecule has 3 N–H and O–H groups in total. The van der Waals surface area contributed by atoms with E-state index in [2.05, 4.69) is 15.0 Å². The predicted octanol–water partition coefficient (Wildman–Crippen LogP) is 2.83. The van der Waals surface area contributed by atoms with Crippen LogP contribution in [0.4, 0.5) is 5.69 Å². The molecule has 0 fully saturated rings. The molecule has 0 saturated heterocycles. The summed E-state index contributed by atoms with van der Waals surface area (Å²) in [5.74, 6) is 1.76. The zero-order chi connectivity index (χ0) is 12.4. The second kappa shape index (κ2) is 4.70. The van der Waals surface area contributed by atoms with Crippen molar-refractivity contribution in [3.63, 3.8) is 0 Å². The summed E-state index contributed by atoms with van der Waals surface area (Å²) in [5, 5.41) is 0. The lowest BCUT2D eigenvalue weighted by molar-refractivity contribution is 1.14. The number of benzene rings is 1. The average molecular weight is 256 g/mol. The fourth-order valence-corrected chi connectivity index (χ4v) is 2.49. The Hall–Kier alpha value is -2.01. The fraction of sp³-hybridized carbons (Fsp3) is 0.0769. The first-order valence-electron chi connectivity index (χ1n) is 5.58. The van der Waals surface area contributed by atoms with Gasteiger partial charge in [-0.05, 0) is 30.3 Å². The van der Waals surface area contributed by atoms with Gasteiger partial charge in [0, 0.05) is 23.0 Å². The molecular weight excluding hydrogens is 244 g/mol. The van der Waals surface area contributed by atoms with E-state index < -0.39 is 0 Å². The van der Waals surface area contributed by atoms with Crippen molar-refractivity contribution < 1.29 is 0 Å². The lowest BCUT2D eigenvalue weighted by Crippen LogP contribution is -1.83. The molecule has 0 radical (unpaired) electrons. The van der Waals surface area contributed by atoms with Gasteiger partial charge in [-0.2, -0.15) is 0 Å². The van der Waals surface area contributed by atoms with Crippen molar-refractivity contribution in [2.24, 2.45) is 0 Å². The minimum Gasteiger partial charge on any atom is -0.399 e. The predicted molar refractivity (Wildman–Crippen MR) is 74.3 cm³/mol. The number of nitrogens with zero attached hydrogens (tertiary/aromatic N) is 2. The average Bonchev–Trinajstić information content (AvgIpc) is 2.79. The summed E-state index contributed by atoms with van der Waals surface area (Å²) in [5.41, 5.74) is 8.43. The van der Waals surface area contributed by atoms with Gasteiger partial charge in [0.1, 0.15) is 5.82 Å². The van der Waals surface area contributed by atoms with E-state index in [1.807, 2.05) is 30.3 Å². The first-order valence-corrected chi connectivity index (χ1v) is 6.57. The zero-order valence-electron chi connectivity index (χ0n) is 9.63. The van der Waals surface area contributed by atoms with Crippen molar-refractivity contribution in [2.75, 3.05) is 5.73 Å². The number of thioether (sulfide) groups is 1. The maximum Gasteiger partial charge on any atom is 0.117 e. The van der Waals surface area contributed by atoms with Crippen LogP contribution in [-0.2, 0) is 5.75 Å². The Morgan fingerprint density at radius 1 is 1.17 bits per heavy atom. The Bertz CT molecular complexity index is 663. The molecule has 18 heavy (non-hydrogen) atoms. The number of nitrogens with two attached hydrogens (primary N) is 1. The van der Waals surface area contributed by atoms with E-state index in [-0.39, 0.29) is 0 Å². The van der Waals surface area contributed by atoms with E-state index in [0.29, 0.717) is 0 Å². The molecule has 2 heterocycles. The molecule has 4 nitrogen and oxygen atoms in total. The van der Waals surface area contributed by atoms with E-state index >= 15 is 0 Å². The third-order valence-electron chi connectivity index (χ3n) is 2.58. The van der Waals surface area contributed by atoms with Crippen LogP contribution in [0.5, 0.6) is 0 Å². The highest BCUT2D eigenvalue weighted by Crippen LogP contribution is 2.22. The summed E-state index contributed by atoms with van der Waals surface area (Å²) >= 11 is 1.73. The summed E-state index contributed by atoms with van der Waals surface area (Å²) < 4.78 is 0. The number of imidazole rings is 1. The molecule has 0 aliphatic rings. The Morgan fingerprint density at radius 2 is 2.00 bits per heavy atom. The number of aromatic nitrogens is 3. The van der Waals surface area contributed by atoms with Gasteiger partial charge in [-0.3, -0.25) is 4.98 Å². The first kappa shape index (κ1) is 11.1. The number of aromatic amines is 1. The number of fused-ring (bicyclic) bond motifs is 1. The number of pyridine rings is 1. The van der Waals surface area contributed by atoms with E-state index in [9.17, 15) is 0 Å². The van der Waals surface area contributed by atoms with E-state index in [4.69, 9.17) is 5.73 Å². The van der Waals surface area contributed by atoms with Crippen molar-refractivity contribution in [1.82, 2.24) is 15.0 Å². The summed E-state index contributed by atoms with van der Waals surface area (Å²) in [4.78, 5) is 13.0. The molecule has 0 saturated carbocycles. The smallest absolute Gasteiger partial charge is 0.117 e. The number of hydrogen-bond donors (Lipinski definition) is 2. The molecule has 0 aliphatic heterocycles. The molecule has 0 aliphatic carbocycles. The molecule has 3 aromatic rings. The highest BCUT2D eigenvalue weighted by atomic mass is 32.2. The third-order valence-corrected chi connectivity index (χ3v) is 3.60. The van der Waals surface area contributed by atoms with Gasteiger partial charge in [0.25, 0.3) is 0 Å². The number of anilines is 1. The van der Waals surface area contributed by atoms with Gasteiger partial charge in [0.2, 0.25) is 0 Å². The molecule has 2 aromatic heterocycles. The van der Waals surface area contributed by atoms with Crippen LogP contribution in [0.2, 0.25) is 0 Å². The molecule has 3 rings (SSSR count). The fourth-order valence-electron chi connectivity index (χ4n) is 1.73. The Kier molecular flexibility index (Phi) is 2.90. The second-order valence-corrected chi connectivity index (χ2v) is 4.98. The standard InChI is InChI=1S/C13H12N4S/c14-9-1-2-11-12(7-9)17-13(16-11)8-18-10-3-5-15-6-4-10/h1-7H,8,14H2,(H,16,17). The molecule has 0 unspecified atom stereocenters. The summed E-state index contributed by atoms with van der Waals surface area (Å²) in [6.07, 6.45) is 3.59. The molecule has 0 amide bonds. The lowest BCUT2D eigenvalue weighted by atomic mass is 10.3. The van der Waals surface area contributed by atoms with E-state index in [1.165, 1.54) is 4.90 Å². The second-order valence-electron chi connectivity index (χ2n) is 3.93. The van der Waals surface area contributed by atoms with Gasteiger partial charge in [-0.1, -0.05) is 0 Å². The number of nitrogen functional groups attached to an aromatic ring is 1. The molecule has 0 atom stereocenters. The van der Waals surface area contributed by atoms with Crippen LogP contribution in [0.25, 0.3) is 11.0 Å². The van der Waals surface area contributed by atoms with Gasteiger partial charge >= 0.3 is 0 Å². The minimum atomic E-state index is 0.750. The van der Waals surface area contributed by atoms with E-state index in [1.54, 1.807) is 24.2 Å². The van der Waals surface area contributed by atoms with Crippen molar-refractivity contribution in [3.05, 3.63) is 48.5 Å². The van der Waals surface area contributed by atoms with Gasteiger partial charge in [-0.25, -0.2) is 4.98 Å². The van der Waals surface area contributed by atoms with Crippen molar-refractivity contribution in [2.45, 2.75) is 10.6 Å². The number of H-pyrrole nitrogens is 1. The molecular formula is C13H12N4S. The van der Waals surface area contributed by atoms with Crippen molar-refractivity contribution >= 4 is 28.5 Å². The third kappa shape index (κ3) is 2.31. The van der Waals surface area contributed by atoms with Crippen molar-refractivity contribution in [3.8, 4) is 0 Å². The first-order chi connectivity index (χ1) is 8.81. The Labute approximate surface area is 109 Å². The van der Waals surface area contributed by atoms with E-state index in [0.717, 1.165) is 28.3 Å². The number of hydrogen-bond acceptors (Lipinski definition) is 4. The van der Waals surface area contributed by atoms with Gasteiger partial charge < -0.3 is 10.7 Å². The monoisotopic (exact) mass is 256 g/mol. The van der Waals surface area contributed by atoms with Crippen LogP contribution in [0.3, 0.4) is 0 Å². The maximum atomic E-state index is 5.74. The quantitative estimate of drug-likeness (QED) is 0.558. The molecule has 0 bridgehead atoms. The van der Waals surface area contributed by atoms with Crippen LogP contribution in [0, 0.1) is 0 Å². The summed E-state index contributed by atoms with van der Waals surface area (Å²) in [6.45, 7) is 0. The summed E-state index contributed by atoms with van der Waals surface area (Å²) in [7, 11) is 0. The Balaban J connectivity index is 1.79. The summed E-state index contributed by atoms with van der Waals surface area (Å²) in [6, 6.07) is 9.68. The largest absolute Gasteiger partial charge is 0.399 e. The van der Waals surface area contributed by atoms with Gasteiger partial charge in [0.05, 0.1) is 16.8 Å². The highest BCUT2D eigenvalue weighted by molar-refractivity contribution is 7.98. The SMILES string of the molecule is Nc1ccc2nc(CSc3ccncc3)[nH]c2c1. The van der Waals surface area contributed by atoms with Gasteiger partial charge in [0.15, 0.2) is 0 Å². The highest BCUT2D eigenvalue weighted by Gasteiger charge is 2.03. The van der Waals surface area contributed by atoms with Crippen LogP contribution >= 0.6 is 11.8 Å². The number of rotatable bonds is 3. The minimum absolute atomic E-state index is 0.750. The van der Waals surface area contributed by atoms with Crippen molar-refractivity contribution in [1.29, 1.82) is 0 Å². The van der Waals surface area contributed by atoms with Crippen LogP contribution in [0.15, 0.2) is 47.6 Å². The van der Waals surface area contributed by atoms with Crippen LogP contribution in [0.1, 0.15) is 5.82 Å². The van der Waals surface area contributed by atoms with Crippen LogP contribution < -0.4 is 5.73 Å². The topological polar surface area (TPSA) is 67.6 Å². The maximum absolute atomic E-state index is 5.74. The van der Waals surface area contributed by atoms with Crippen LogP contribution in [-0.4, -0.2) is 15.0 Å². The Morgan fingerprint density at radius 3 is 2.83 bits per heavy atom. The lowest BCUT2D eigenvalue weighted by Gasteiger charge is -1.97. The number of nitrogens with one attached hydrogen (secondary N) is 1.